The van der Waals surface area contributed by atoms with Crippen molar-refractivity contribution in [1.82, 2.24) is 15.3 Å². The van der Waals surface area contributed by atoms with Crippen LogP contribution in [0.25, 0.3) is 0 Å². The molecular formula is C20H19N3O2. The molecule has 25 heavy (non-hydrogen) atoms. The summed E-state index contributed by atoms with van der Waals surface area (Å²) in [5.74, 6) is 0.413. The number of hydrogen-bond donors (Lipinski definition) is 1. The topological polar surface area (TPSA) is 64.1 Å². The second-order valence-corrected chi connectivity index (χ2v) is 5.47. The largest absolute Gasteiger partial charge is 0.488 e. The number of para-hydroxylation sites is 1. The van der Waals surface area contributed by atoms with Gasteiger partial charge in [-0.05, 0) is 17.7 Å². The Kier molecular flexibility index (Phi) is 5.72. The number of nitrogens with one attached hydrogen (secondary N) is 1. The van der Waals surface area contributed by atoms with Gasteiger partial charge in [-0.2, -0.15) is 0 Å². The van der Waals surface area contributed by atoms with Crippen LogP contribution in [-0.4, -0.2) is 22.4 Å². The van der Waals surface area contributed by atoms with Crippen molar-refractivity contribution < 1.29 is 9.53 Å². The molecule has 3 rings (SSSR count). The molecule has 2 aromatic carbocycles. The highest BCUT2D eigenvalue weighted by molar-refractivity contribution is 5.96. The Labute approximate surface area is 146 Å². The molecule has 1 aromatic heterocycles. The first-order valence-corrected chi connectivity index (χ1v) is 8.12. The van der Waals surface area contributed by atoms with Crippen LogP contribution < -0.4 is 10.1 Å². The zero-order chi connectivity index (χ0) is 17.3. The molecule has 0 fully saturated rings. The third kappa shape index (κ3) is 4.88. The normalized spacial score (nSPS) is 10.2. The molecule has 0 spiro atoms. The average Bonchev–Trinajstić information content (AvgIpc) is 2.68. The van der Waals surface area contributed by atoms with Gasteiger partial charge in [-0.3, -0.25) is 14.8 Å². The summed E-state index contributed by atoms with van der Waals surface area (Å²) in [7, 11) is 0. The van der Waals surface area contributed by atoms with Gasteiger partial charge in [0.05, 0.1) is 11.3 Å². The number of carbonyl (C=O) groups excluding carboxylic acids is 1. The predicted molar refractivity (Wildman–Crippen MR) is 95.3 cm³/mol. The lowest BCUT2D eigenvalue weighted by Crippen LogP contribution is -2.26. The molecule has 126 valence electrons. The van der Waals surface area contributed by atoms with Gasteiger partial charge in [0.15, 0.2) is 0 Å². The van der Waals surface area contributed by atoms with Gasteiger partial charge in [0, 0.05) is 31.6 Å². The highest BCUT2D eigenvalue weighted by atomic mass is 16.5. The Morgan fingerprint density at radius 1 is 1.00 bits per heavy atom. The lowest BCUT2D eigenvalue weighted by Gasteiger charge is -2.11. The fraction of sp³-hybridized carbons (Fsp3) is 0.150. The van der Waals surface area contributed by atoms with Crippen molar-refractivity contribution in [2.45, 2.75) is 13.0 Å². The summed E-state index contributed by atoms with van der Waals surface area (Å²) in [5.41, 5.74) is 2.43. The summed E-state index contributed by atoms with van der Waals surface area (Å²) in [6.07, 6.45) is 5.60. The van der Waals surface area contributed by atoms with E-state index in [0.29, 0.717) is 30.9 Å². The monoisotopic (exact) mass is 333 g/mol. The molecule has 0 bridgehead atoms. The van der Waals surface area contributed by atoms with Crippen LogP contribution in [0.1, 0.15) is 21.6 Å². The predicted octanol–water partition coefficient (Wildman–Crippen LogP) is 3.03. The molecule has 0 saturated carbocycles. The van der Waals surface area contributed by atoms with Gasteiger partial charge in [-0.25, -0.2) is 0 Å². The van der Waals surface area contributed by atoms with E-state index >= 15 is 0 Å². The summed E-state index contributed by atoms with van der Waals surface area (Å²) in [5, 5.41) is 2.90. The van der Waals surface area contributed by atoms with E-state index in [0.717, 1.165) is 11.3 Å². The molecule has 0 aliphatic heterocycles. The Morgan fingerprint density at radius 3 is 2.60 bits per heavy atom. The first-order chi connectivity index (χ1) is 12.3. The van der Waals surface area contributed by atoms with Gasteiger partial charge in [0.1, 0.15) is 12.4 Å². The fourth-order valence-corrected chi connectivity index (χ4v) is 2.37. The highest BCUT2D eigenvalue weighted by Crippen LogP contribution is 2.19. The second-order valence-electron chi connectivity index (χ2n) is 5.47. The number of carbonyl (C=O) groups is 1. The van der Waals surface area contributed by atoms with Crippen molar-refractivity contribution in [3.05, 3.63) is 90.0 Å². The summed E-state index contributed by atoms with van der Waals surface area (Å²) in [6.45, 7) is 0.912. The number of nitrogens with zero attached hydrogens (tertiary/aromatic N) is 2. The Bertz CT molecular complexity index is 807. The van der Waals surface area contributed by atoms with Crippen LogP contribution in [0.15, 0.2) is 73.2 Å². The minimum absolute atomic E-state index is 0.160. The maximum atomic E-state index is 12.4. The highest BCUT2D eigenvalue weighted by Gasteiger charge is 2.11. The molecular weight excluding hydrogens is 314 g/mol. The maximum absolute atomic E-state index is 12.4. The van der Waals surface area contributed by atoms with Crippen LogP contribution >= 0.6 is 0 Å². The number of hydrogen-bond acceptors (Lipinski definition) is 4. The Hall–Kier alpha value is -3.21. The number of amides is 1. The molecule has 1 heterocycles. The van der Waals surface area contributed by atoms with Crippen LogP contribution in [0.5, 0.6) is 5.75 Å². The first-order valence-electron chi connectivity index (χ1n) is 8.12. The average molecular weight is 333 g/mol. The molecule has 0 saturated heterocycles. The van der Waals surface area contributed by atoms with E-state index in [1.807, 2.05) is 42.5 Å². The first kappa shape index (κ1) is 16.6. The standard InChI is InChI=1S/C20H19N3O2/c24-20(23-11-10-17-14-21-12-13-22-17)18-8-4-5-9-19(18)25-15-16-6-2-1-3-7-16/h1-9,12-14H,10-11,15H2,(H,23,24). The van der Waals surface area contributed by atoms with Crippen molar-refractivity contribution in [1.29, 1.82) is 0 Å². The molecule has 0 atom stereocenters. The van der Waals surface area contributed by atoms with Gasteiger partial charge in [0.25, 0.3) is 5.91 Å². The number of aromatic nitrogens is 2. The second kappa shape index (κ2) is 8.59. The van der Waals surface area contributed by atoms with Gasteiger partial charge in [0.2, 0.25) is 0 Å². The van der Waals surface area contributed by atoms with Crippen LogP contribution in [-0.2, 0) is 13.0 Å². The minimum Gasteiger partial charge on any atom is -0.488 e. The maximum Gasteiger partial charge on any atom is 0.255 e. The van der Waals surface area contributed by atoms with Gasteiger partial charge >= 0.3 is 0 Å². The van der Waals surface area contributed by atoms with Crippen molar-refractivity contribution in [2.24, 2.45) is 0 Å². The van der Waals surface area contributed by atoms with E-state index in [9.17, 15) is 4.79 Å². The summed E-state index contributed by atoms with van der Waals surface area (Å²) < 4.78 is 5.83. The molecule has 3 aromatic rings. The lowest BCUT2D eigenvalue weighted by molar-refractivity contribution is 0.0949. The Morgan fingerprint density at radius 2 is 1.80 bits per heavy atom. The van der Waals surface area contributed by atoms with E-state index in [4.69, 9.17) is 4.74 Å². The van der Waals surface area contributed by atoms with E-state index in [2.05, 4.69) is 15.3 Å². The van der Waals surface area contributed by atoms with Crippen LogP contribution in [0, 0.1) is 0 Å². The molecule has 0 aliphatic carbocycles. The van der Waals surface area contributed by atoms with Crippen molar-refractivity contribution in [3.63, 3.8) is 0 Å². The number of ether oxygens (including phenoxy) is 1. The Balaban J connectivity index is 1.58. The van der Waals surface area contributed by atoms with Gasteiger partial charge < -0.3 is 10.1 Å². The quantitative estimate of drug-likeness (QED) is 0.722. The summed E-state index contributed by atoms with van der Waals surface area (Å²) >= 11 is 0. The molecule has 1 N–H and O–H groups in total. The SMILES string of the molecule is O=C(NCCc1cnccn1)c1ccccc1OCc1ccccc1. The van der Waals surface area contributed by atoms with Crippen LogP contribution in [0.3, 0.4) is 0 Å². The molecule has 0 unspecified atom stereocenters. The van der Waals surface area contributed by atoms with E-state index in [-0.39, 0.29) is 5.91 Å². The van der Waals surface area contributed by atoms with E-state index in [1.165, 1.54) is 0 Å². The lowest BCUT2D eigenvalue weighted by atomic mass is 10.2. The van der Waals surface area contributed by atoms with Crippen molar-refractivity contribution >= 4 is 5.91 Å². The molecule has 0 radical (unpaired) electrons. The van der Waals surface area contributed by atoms with E-state index < -0.39 is 0 Å². The molecule has 0 aliphatic rings. The van der Waals surface area contributed by atoms with Gasteiger partial charge in [-0.1, -0.05) is 42.5 Å². The van der Waals surface area contributed by atoms with Crippen molar-refractivity contribution in [2.75, 3.05) is 6.54 Å². The zero-order valence-corrected chi connectivity index (χ0v) is 13.8. The smallest absolute Gasteiger partial charge is 0.255 e. The zero-order valence-electron chi connectivity index (χ0n) is 13.8. The fourth-order valence-electron chi connectivity index (χ4n) is 2.37. The third-order valence-corrected chi connectivity index (χ3v) is 3.65. The molecule has 1 amide bonds. The van der Waals surface area contributed by atoms with Crippen LogP contribution in [0.4, 0.5) is 0 Å². The number of benzene rings is 2. The van der Waals surface area contributed by atoms with E-state index in [1.54, 1.807) is 30.7 Å². The summed E-state index contributed by atoms with van der Waals surface area (Å²) in [4.78, 5) is 20.6. The minimum atomic E-state index is -0.160. The van der Waals surface area contributed by atoms with Gasteiger partial charge in [-0.15, -0.1) is 0 Å². The number of rotatable bonds is 7. The summed E-state index contributed by atoms with van der Waals surface area (Å²) in [6, 6.07) is 17.1. The molecule has 5 heteroatoms. The van der Waals surface area contributed by atoms with Crippen molar-refractivity contribution in [3.8, 4) is 5.75 Å². The third-order valence-electron chi connectivity index (χ3n) is 3.65. The molecule has 5 nitrogen and oxygen atoms in total. The van der Waals surface area contributed by atoms with Crippen LogP contribution in [0.2, 0.25) is 0 Å².